The maximum atomic E-state index is 12.9. The molecule has 29 heavy (non-hydrogen) atoms. The van der Waals surface area contributed by atoms with Gasteiger partial charge in [-0.25, -0.2) is 14.8 Å². The van der Waals surface area contributed by atoms with E-state index in [4.69, 9.17) is 27.1 Å². The predicted octanol–water partition coefficient (Wildman–Crippen LogP) is 5.01. The molecule has 1 atom stereocenters. The van der Waals surface area contributed by atoms with E-state index in [0.29, 0.717) is 33.8 Å². The molecule has 1 unspecified atom stereocenters. The second-order valence-corrected chi connectivity index (χ2v) is 7.50. The summed E-state index contributed by atoms with van der Waals surface area (Å²) in [5.74, 6) is 0.00794. The van der Waals surface area contributed by atoms with Crippen molar-refractivity contribution in [3.8, 4) is 5.69 Å². The second kappa shape index (κ2) is 7.72. The number of hydrogen-bond acceptors (Lipinski definition) is 5. The fourth-order valence-electron chi connectivity index (χ4n) is 3.12. The molecule has 0 aliphatic carbocycles. The Kier molecular flexibility index (Phi) is 5.11. The molecule has 7 heteroatoms. The minimum atomic E-state index is -0.495. The Morgan fingerprint density at radius 2 is 1.79 bits per heavy atom. The van der Waals surface area contributed by atoms with E-state index in [2.05, 4.69) is 11.9 Å². The highest BCUT2D eigenvalue weighted by molar-refractivity contribution is 6.30. The number of ether oxygens (including phenoxy) is 1. The molecule has 4 aromatic rings. The van der Waals surface area contributed by atoms with Crippen LogP contribution in [0.2, 0.25) is 5.02 Å². The molecule has 2 aromatic heterocycles. The standard InChI is InChI=1S/C22H21ClN4O2/c1-3-13(2)12-29-22(28)18-19-21(26-17-7-5-4-6-16(17)25-19)27(20(18)24)15-10-8-14(23)9-11-15/h4-11,13H,3,12,24H2,1-2H3. The Bertz CT molecular complexity index is 1200. The summed E-state index contributed by atoms with van der Waals surface area (Å²) < 4.78 is 7.24. The van der Waals surface area contributed by atoms with Crippen molar-refractivity contribution in [2.75, 3.05) is 12.3 Å². The normalized spacial score (nSPS) is 12.4. The van der Waals surface area contributed by atoms with Crippen LogP contribution in [0.3, 0.4) is 0 Å². The van der Waals surface area contributed by atoms with Crippen molar-refractivity contribution in [2.45, 2.75) is 20.3 Å². The van der Waals surface area contributed by atoms with E-state index in [1.165, 1.54) is 0 Å². The van der Waals surface area contributed by atoms with Crippen LogP contribution in [0.1, 0.15) is 30.6 Å². The van der Waals surface area contributed by atoms with Crippen molar-refractivity contribution in [1.29, 1.82) is 0 Å². The van der Waals surface area contributed by atoms with E-state index in [0.717, 1.165) is 12.1 Å². The van der Waals surface area contributed by atoms with Crippen LogP contribution >= 0.6 is 11.6 Å². The molecule has 6 nitrogen and oxygen atoms in total. The molecule has 0 radical (unpaired) electrons. The van der Waals surface area contributed by atoms with Gasteiger partial charge in [0.05, 0.1) is 17.6 Å². The number of carbonyl (C=O) groups is 1. The number of carbonyl (C=O) groups excluding carboxylic acids is 1. The highest BCUT2D eigenvalue weighted by Gasteiger charge is 2.26. The van der Waals surface area contributed by atoms with Gasteiger partial charge >= 0.3 is 5.97 Å². The van der Waals surface area contributed by atoms with E-state index in [1.54, 1.807) is 16.7 Å². The molecular formula is C22H21ClN4O2. The van der Waals surface area contributed by atoms with E-state index in [1.807, 2.05) is 43.3 Å². The molecule has 2 aromatic carbocycles. The van der Waals surface area contributed by atoms with E-state index in [-0.39, 0.29) is 17.3 Å². The third-order valence-corrected chi connectivity index (χ3v) is 5.23. The number of anilines is 1. The summed E-state index contributed by atoms with van der Waals surface area (Å²) in [4.78, 5) is 22.3. The van der Waals surface area contributed by atoms with Crippen molar-refractivity contribution >= 4 is 45.6 Å². The van der Waals surface area contributed by atoms with Crippen molar-refractivity contribution in [2.24, 2.45) is 5.92 Å². The first kappa shape index (κ1) is 19.2. The third kappa shape index (κ3) is 3.51. The molecule has 0 aliphatic rings. The summed E-state index contributed by atoms with van der Waals surface area (Å²) in [7, 11) is 0. The Balaban J connectivity index is 1.94. The van der Waals surface area contributed by atoms with Crippen molar-refractivity contribution in [1.82, 2.24) is 14.5 Å². The second-order valence-electron chi connectivity index (χ2n) is 7.07. The Hall–Kier alpha value is -3.12. The lowest BCUT2D eigenvalue weighted by molar-refractivity contribution is 0.0450. The van der Waals surface area contributed by atoms with Gasteiger partial charge in [0.25, 0.3) is 0 Å². The monoisotopic (exact) mass is 408 g/mol. The van der Waals surface area contributed by atoms with Gasteiger partial charge in [-0.1, -0.05) is 44.0 Å². The zero-order valence-electron chi connectivity index (χ0n) is 16.2. The highest BCUT2D eigenvalue weighted by Crippen LogP contribution is 2.32. The summed E-state index contributed by atoms with van der Waals surface area (Å²) >= 11 is 6.03. The van der Waals surface area contributed by atoms with E-state index < -0.39 is 5.97 Å². The number of rotatable bonds is 5. The number of esters is 1. The topological polar surface area (TPSA) is 83.0 Å². The maximum absolute atomic E-state index is 12.9. The minimum absolute atomic E-state index is 0.233. The van der Waals surface area contributed by atoms with Gasteiger partial charge in [-0.2, -0.15) is 0 Å². The number of nitrogen functional groups attached to an aromatic ring is 1. The van der Waals surface area contributed by atoms with Gasteiger partial charge in [-0.05, 0) is 42.3 Å². The average Bonchev–Trinajstić information content (AvgIpc) is 3.01. The van der Waals surface area contributed by atoms with Crippen LogP contribution in [-0.2, 0) is 4.74 Å². The Morgan fingerprint density at radius 3 is 2.45 bits per heavy atom. The highest BCUT2D eigenvalue weighted by atomic mass is 35.5. The largest absolute Gasteiger partial charge is 0.462 e. The summed E-state index contributed by atoms with van der Waals surface area (Å²) in [6.07, 6.45) is 0.916. The van der Waals surface area contributed by atoms with Gasteiger partial charge in [0.2, 0.25) is 0 Å². The zero-order chi connectivity index (χ0) is 20.5. The lowest BCUT2D eigenvalue weighted by Gasteiger charge is -2.10. The van der Waals surface area contributed by atoms with Crippen LogP contribution in [0.25, 0.3) is 27.9 Å². The number of benzene rings is 2. The summed E-state index contributed by atoms with van der Waals surface area (Å²) in [6.45, 7) is 4.40. The van der Waals surface area contributed by atoms with Crippen molar-refractivity contribution in [3.05, 3.63) is 59.1 Å². The molecule has 2 heterocycles. The number of nitrogens with zero attached hydrogens (tertiary/aromatic N) is 3. The molecule has 0 saturated carbocycles. The number of hydrogen-bond donors (Lipinski definition) is 1. The molecule has 148 valence electrons. The van der Waals surface area contributed by atoms with Crippen LogP contribution in [0, 0.1) is 5.92 Å². The third-order valence-electron chi connectivity index (χ3n) is 4.98. The molecule has 4 rings (SSSR count). The van der Waals surface area contributed by atoms with Crippen LogP contribution < -0.4 is 5.73 Å². The van der Waals surface area contributed by atoms with Crippen LogP contribution in [-0.4, -0.2) is 27.1 Å². The Labute approximate surface area is 173 Å². The van der Waals surface area contributed by atoms with Gasteiger partial charge in [-0.3, -0.25) is 4.57 Å². The molecule has 0 saturated heterocycles. The summed E-state index contributed by atoms with van der Waals surface area (Å²) in [5.41, 5.74) is 9.73. The first-order valence-corrected chi connectivity index (χ1v) is 9.87. The van der Waals surface area contributed by atoms with Gasteiger partial charge < -0.3 is 10.5 Å². The van der Waals surface area contributed by atoms with Crippen molar-refractivity contribution in [3.63, 3.8) is 0 Å². The molecule has 0 fully saturated rings. The van der Waals surface area contributed by atoms with Crippen molar-refractivity contribution < 1.29 is 9.53 Å². The van der Waals surface area contributed by atoms with Gasteiger partial charge in [0, 0.05) is 10.7 Å². The first-order chi connectivity index (χ1) is 14.0. The zero-order valence-corrected chi connectivity index (χ0v) is 17.0. The number of nitrogens with two attached hydrogens (primary N) is 1. The van der Waals surface area contributed by atoms with Crippen LogP contribution in [0.5, 0.6) is 0 Å². The smallest absolute Gasteiger partial charge is 0.344 e. The molecule has 0 amide bonds. The lowest BCUT2D eigenvalue weighted by Crippen LogP contribution is -2.13. The molecule has 0 spiro atoms. The van der Waals surface area contributed by atoms with Gasteiger partial charge in [0.15, 0.2) is 5.65 Å². The summed E-state index contributed by atoms with van der Waals surface area (Å²) in [6, 6.07) is 14.7. The van der Waals surface area contributed by atoms with Gasteiger partial charge in [-0.15, -0.1) is 0 Å². The fraction of sp³-hybridized carbons (Fsp3) is 0.227. The quantitative estimate of drug-likeness (QED) is 0.469. The molecule has 0 aliphatic heterocycles. The van der Waals surface area contributed by atoms with Gasteiger partial charge in [0.1, 0.15) is 16.9 Å². The number of para-hydroxylation sites is 2. The number of fused-ring (bicyclic) bond motifs is 2. The Morgan fingerprint density at radius 1 is 1.14 bits per heavy atom. The maximum Gasteiger partial charge on any atom is 0.344 e. The number of halogens is 1. The van der Waals surface area contributed by atoms with Crippen LogP contribution in [0.15, 0.2) is 48.5 Å². The SMILES string of the molecule is CCC(C)COC(=O)c1c(N)n(-c2ccc(Cl)cc2)c2nc3ccccc3nc12. The molecule has 2 N–H and O–H groups in total. The molecular weight excluding hydrogens is 388 g/mol. The predicted molar refractivity (Wildman–Crippen MR) is 116 cm³/mol. The summed E-state index contributed by atoms with van der Waals surface area (Å²) in [5, 5.41) is 0.605. The average molecular weight is 409 g/mol. The number of aromatic nitrogens is 3. The van der Waals surface area contributed by atoms with Crippen LogP contribution in [0.4, 0.5) is 5.82 Å². The fourth-order valence-corrected chi connectivity index (χ4v) is 3.25. The van der Waals surface area contributed by atoms with E-state index >= 15 is 0 Å². The van der Waals surface area contributed by atoms with E-state index in [9.17, 15) is 4.79 Å². The molecule has 0 bridgehead atoms. The first-order valence-electron chi connectivity index (χ1n) is 9.49. The lowest BCUT2D eigenvalue weighted by atomic mass is 10.1. The minimum Gasteiger partial charge on any atom is -0.462 e.